The van der Waals surface area contributed by atoms with Crippen LogP contribution in [0.1, 0.15) is 12.1 Å². The molecule has 2 heterocycles. The van der Waals surface area contributed by atoms with Gasteiger partial charge in [-0.1, -0.05) is 0 Å². The molecule has 0 N–H and O–H groups in total. The van der Waals surface area contributed by atoms with E-state index in [1.165, 1.54) is 0 Å². The molecule has 1 aliphatic heterocycles. The van der Waals surface area contributed by atoms with Gasteiger partial charge in [0.1, 0.15) is 5.82 Å². The number of anilines is 1. The second kappa shape index (κ2) is 5.28. The number of carbonyl (C=O) groups is 1. The number of nitrogens with zero attached hydrogens (tertiary/aromatic N) is 2. The van der Waals surface area contributed by atoms with Crippen molar-refractivity contribution in [3.63, 3.8) is 0 Å². The van der Waals surface area contributed by atoms with E-state index in [2.05, 4.69) is 49.5 Å². The maximum absolute atomic E-state index is 11.9. The highest BCUT2D eigenvalue weighted by Crippen LogP contribution is 2.33. The summed E-state index contributed by atoms with van der Waals surface area (Å²) in [6, 6.07) is 1.93. The molecular formula is C11H12Br2N2OS. The normalized spacial score (nSPS) is 20.1. The minimum atomic E-state index is 0.124. The zero-order valence-corrected chi connectivity index (χ0v) is 13.3. The van der Waals surface area contributed by atoms with Gasteiger partial charge in [-0.25, -0.2) is 4.98 Å². The van der Waals surface area contributed by atoms with Crippen molar-refractivity contribution in [2.24, 2.45) is 5.92 Å². The minimum absolute atomic E-state index is 0.124. The van der Waals surface area contributed by atoms with Crippen molar-refractivity contribution in [2.45, 2.75) is 13.3 Å². The number of aromatic nitrogens is 1. The summed E-state index contributed by atoms with van der Waals surface area (Å²) in [4.78, 5) is 18.1. The van der Waals surface area contributed by atoms with Crippen LogP contribution in [0.15, 0.2) is 15.0 Å². The number of amides is 1. The van der Waals surface area contributed by atoms with E-state index < -0.39 is 0 Å². The number of halogens is 2. The van der Waals surface area contributed by atoms with Crippen LogP contribution in [0.2, 0.25) is 0 Å². The molecule has 17 heavy (non-hydrogen) atoms. The summed E-state index contributed by atoms with van der Waals surface area (Å²) >= 11 is 11.1. The molecular weight excluding hydrogens is 368 g/mol. The van der Waals surface area contributed by atoms with Crippen LogP contribution < -0.4 is 4.90 Å². The Morgan fingerprint density at radius 3 is 2.82 bits per heavy atom. The quantitative estimate of drug-likeness (QED) is 0.800. The van der Waals surface area contributed by atoms with Crippen molar-refractivity contribution in [1.29, 1.82) is 0 Å². The first-order valence-electron chi connectivity index (χ1n) is 5.26. The molecule has 1 atom stereocenters. The summed E-state index contributed by atoms with van der Waals surface area (Å²) in [6.07, 6.45) is 0.562. The number of hydrogen-bond acceptors (Lipinski definition) is 3. The van der Waals surface area contributed by atoms with Gasteiger partial charge in [0.05, 0.1) is 10.2 Å². The van der Waals surface area contributed by atoms with E-state index in [-0.39, 0.29) is 5.91 Å². The summed E-state index contributed by atoms with van der Waals surface area (Å²) in [5, 5.41) is 0. The fourth-order valence-corrected chi connectivity index (χ4v) is 3.24. The Hall–Kier alpha value is -0.0700. The molecule has 6 heteroatoms. The van der Waals surface area contributed by atoms with Gasteiger partial charge in [-0.3, -0.25) is 9.69 Å². The average Bonchev–Trinajstić information content (AvgIpc) is 2.65. The molecule has 1 aliphatic rings. The van der Waals surface area contributed by atoms with Crippen molar-refractivity contribution in [1.82, 2.24) is 4.98 Å². The second-order valence-electron chi connectivity index (χ2n) is 4.12. The summed E-state index contributed by atoms with van der Waals surface area (Å²) in [7, 11) is 0. The van der Waals surface area contributed by atoms with Gasteiger partial charge in [-0.15, -0.1) is 0 Å². The van der Waals surface area contributed by atoms with Crippen molar-refractivity contribution in [2.75, 3.05) is 17.2 Å². The summed E-state index contributed by atoms with van der Waals surface area (Å²) in [5.41, 5.74) is 0.880. The van der Waals surface area contributed by atoms with Gasteiger partial charge in [0, 0.05) is 17.4 Å². The third kappa shape index (κ3) is 2.69. The monoisotopic (exact) mass is 378 g/mol. The van der Waals surface area contributed by atoms with E-state index in [0.29, 0.717) is 24.7 Å². The number of carbonyl (C=O) groups excluding carboxylic acids is 1. The summed E-state index contributed by atoms with van der Waals surface area (Å²) in [5.74, 6) is 1.89. The molecule has 1 aromatic heterocycles. The van der Waals surface area contributed by atoms with E-state index in [4.69, 9.17) is 0 Å². The van der Waals surface area contributed by atoms with Gasteiger partial charge in [-0.2, -0.15) is 12.6 Å². The standard InChI is InChI=1S/C11H12Br2N2OS/c1-6-8(12)3-9(13)11(14-6)15-4-7(5-17)2-10(15)16/h3,7,17H,2,4-5H2,1H3. The van der Waals surface area contributed by atoms with Crippen LogP contribution in [0.4, 0.5) is 5.82 Å². The molecule has 1 unspecified atom stereocenters. The molecule has 92 valence electrons. The van der Waals surface area contributed by atoms with Crippen molar-refractivity contribution >= 4 is 56.2 Å². The lowest BCUT2D eigenvalue weighted by molar-refractivity contribution is -0.117. The number of hydrogen-bond donors (Lipinski definition) is 1. The van der Waals surface area contributed by atoms with E-state index in [0.717, 1.165) is 20.4 Å². The topological polar surface area (TPSA) is 33.2 Å². The lowest BCUT2D eigenvalue weighted by Gasteiger charge is -2.18. The molecule has 1 amide bonds. The molecule has 1 aromatic rings. The van der Waals surface area contributed by atoms with Gasteiger partial charge in [-0.05, 0) is 56.5 Å². The van der Waals surface area contributed by atoms with Crippen LogP contribution in [0.3, 0.4) is 0 Å². The number of aryl methyl sites for hydroxylation is 1. The molecule has 0 saturated carbocycles. The van der Waals surface area contributed by atoms with E-state index >= 15 is 0 Å². The predicted octanol–water partition coefficient (Wildman–Crippen LogP) is 3.20. The largest absolute Gasteiger partial charge is 0.296 e. The zero-order valence-electron chi connectivity index (χ0n) is 9.28. The Labute approximate surface area is 123 Å². The maximum Gasteiger partial charge on any atom is 0.228 e. The Balaban J connectivity index is 2.35. The van der Waals surface area contributed by atoms with Crippen molar-refractivity contribution < 1.29 is 4.79 Å². The lowest BCUT2D eigenvalue weighted by atomic mass is 10.1. The average molecular weight is 380 g/mol. The van der Waals surface area contributed by atoms with Crippen molar-refractivity contribution in [3.8, 4) is 0 Å². The maximum atomic E-state index is 11.9. The Morgan fingerprint density at radius 2 is 2.24 bits per heavy atom. The fraction of sp³-hybridized carbons (Fsp3) is 0.455. The molecule has 1 saturated heterocycles. The first-order valence-corrected chi connectivity index (χ1v) is 7.48. The Kier molecular flexibility index (Phi) is 4.15. The molecule has 0 spiro atoms. The predicted molar refractivity (Wildman–Crippen MR) is 78.7 cm³/mol. The summed E-state index contributed by atoms with van der Waals surface area (Å²) < 4.78 is 1.77. The van der Waals surface area contributed by atoms with Gasteiger partial charge in [0.2, 0.25) is 5.91 Å². The van der Waals surface area contributed by atoms with Crippen LogP contribution in [0.25, 0.3) is 0 Å². The third-order valence-electron chi connectivity index (χ3n) is 2.81. The highest BCUT2D eigenvalue weighted by Gasteiger charge is 2.31. The molecule has 0 aliphatic carbocycles. The number of thiol groups is 1. The number of pyridine rings is 1. The molecule has 3 nitrogen and oxygen atoms in total. The first kappa shape index (κ1) is 13.4. The van der Waals surface area contributed by atoms with Crippen LogP contribution in [0, 0.1) is 12.8 Å². The van der Waals surface area contributed by atoms with E-state index in [1.54, 1.807) is 4.90 Å². The fourth-order valence-electron chi connectivity index (χ4n) is 1.84. The van der Waals surface area contributed by atoms with Crippen LogP contribution in [0.5, 0.6) is 0 Å². The SMILES string of the molecule is Cc1nc(N2CC(CS)CC2=O)c(Br)cc1Br. The molecule has 0 aromatic carbocycles. The van der Waals surface area contributed by atoms with Crippen LogP contribution in [-0.4, -0.2) is 23.2 Å². The van der Waals surface area contributed by atoms with Gasteiger partial charge >= 0.3 is 0 Å². The van der Waals surface area contributed by atoms with Crippen LogP contribution >= 0.6 is 44.5 Å². The highest BCUT2D eigenvalue weighted by molar-refractivity contribution is 9.11. The molecule has 2 rings (SSSR count). The second-order valence-corrected chi connectivity index (χ2v) is 6.19. The Bertz CT molecular complexity index is 467. The Morgan fingerprint density at radius 1 is 1.53 bits per heavy atom. The van der Waals surface area contributed by atoms with Gasteiger partial charge < -0.3 is 0 Å². The van der Waals surface area contributed by atoms with Gasteiger partial charge in [0.15, 0.2) is 0 Å². The number of rotatable bonds is 2. The lowest BCUT2D eigenvalue weighted by Crippen LogP contribution is -2.26. The first-order chi connectivity index (χ1) is 8.02. The third-order valence-corrected chi connectivity index (χ3v) is 4.71. The van der Waals surface area contributed by atoms with E-state index in [9.17, 15) is 4.79 Å². The summed E-state index contributed by atoms with van der Waals surface area (Å²) in [6.45, 7) is 2.62. The molecule has 1 fully saturated rings. The molecule has 0 radical (unpaired) electrons. The van der Waals surface area contributed by atoms with Crippen molar-refractivity contribution in [3.05, 3.63) is 20.7 Å². The smallest absolute Gasteiger partial charge is 0.228 e. The molecule has 0 bridgehead atoms. The highest BCUT2D eigenvalue weighted by atomic mass is 79.9. The van der Waals surface area contributed by atoms with Gasteiger partial charge in [0.25, 0.3) is 0 Å². The van der Waals surface area contributed by atoms with Crippen LogP contribution in [-0.2, 0) is 4.79 Å². The zero-order chi connectivity index (χ0) is 12.6. The van der Waals surface area contributed by atoms with E-state index in [1.807, 2.05) is 13.0 Å². The minimum Gasteiger partial charge on any atom is -0.296 e.